The highest BCUT2D eigenvalue weighted by Gasteiger charge is 2.17. The Morgan fingerprint density at radius 3 is 1.55 bits per heavy atom. The van der Waals surface area contributed by atoms with Crippen molar-refractivity contribution in [2.24, 2.45) is 10.7 Å². The summed E-state index contributed by atoms with van der Waals surface area (Å²) in [5.74, 6) is 0. The van der Waals surface area contributed by atoms with E-state index < -0.39 is 0 Å². The zero-order valence-electron chi connectivity index (χ0n) is 30.1. The van der Waals surface area contributed by atoms with Crippen LogP contribution in [0.15, 0.2) is 211 Å². The molecule has 2 heterocycles. The Morgan fingerprint density at radius 1 is 0.455 bits per heavy atom. The molecule has 0 unspecified atom stereocenters. The van der Waals surface area contributed by atoms with Crippen molar-refractivity contribution >= 4 is 60.7 Å². The van der Waals surface area contributed by atoms with Gasteiger partial charge in [-0.2, -0.15) is 0 Å². The van der Waals surface area contributed by atoms with E-state index in [9.17, 15) is 0 Å². The molecule has 0 radical (unpaired) electrons. The fourth-order valence-electron chi connectivity index (χ4n) is 8.02. The SMILES string of the molecule is C=C(/N=C1/C=CC=C/C1=C(/N)c1ccccc1)c1ccc(-n2c3ccccc3c3cc(-c4ccc5c(c4)c4ccccc4n5-c4ccccc4)ccc32)cc1. The van der Waals surface area contributed by atoms with Crippen molar-refractivity contribution in [2.75, 3.05) is 0 Å². The number of benzene rings is 7. The summed E-state index contributed by atoms with van der Waals surface area (Å²) < 4.78 is 4.71. The summed E-state index contributed by atoms with van der Waals surface area (Å²) in [6.45, 7) is 4.35. The molecule has 1 aliphatic rings. The van der Waals surface area contributed by atoms with Crippen LogP contribution in [-0.2, 0) is 0 Å². The molecule has 0 aliphatic heterocycles. The number of allylic oxidation sites excluding steroid dienone is 5. The Kier molecular flexibility index (Phi) is 7.74. The summed E-state index contributed by atoms with van der Waals surface area (Å²) in [4.78, 5) is 4.96. The van der Waals surface area contributed by atoms with Crippen molar-refractivity contribution in [3.63, 3.8) is 0 Å². The second-order valence-corrected chi connectivity index (χ2v) is 13.9. The highest BCUT2D eigenvalue weighted by Crippen LogP contribution is 2.38. The zero-order chi connectivity index (χ0) is 36.9. The molecular weight excluding hydrogens is 669 g/mol. The normalized spacial score (nSPS) is 14.4. The largest absolute Gasteiger partial charge is 0.398 e. The minimum Gasteiger partial charge on any atom is -0.398 e. The van der Waals surface area contributed by atoms with Gasteiger partial charge in [0.15, 0.2) is 0 Å². The van der Waals surface area contributed by atoms with Gasteiger partial charge in [-0.05, 0) is 89.0 Å². The number of aromatic nitrogens is 2. The Hall–Kier alpha value is -7.43. The van der Waals surface area contributed by atoms with Crippen LogP contribution in [0.2, 0.25) is 0 Å². The quantitative estimate of drug-likeness (QED) is 0.184. The average Bonchev–Trinajstić information content (AvgIpc) is 3.76. The molecule has 0 amide bonds. The first kappa shape index (κ1) is 32.2. The number of nitrogens with two attached hydrogens (primary N) is 1. The molecule has 55 heavy (non-hydrogen) atoms. The van der Waals surface area contributed by atoms with Crippen LogP contribution in [0.4, 0.5) is 0 Å². The van der Waals surface area contributed by atoms with Gasteiger partial charge in [0, 0.05) is 44.2 Å². The van der Waals surface area contributed by atoms with Crippen molar-refractivity contribution in [1.82, 2.24) is 9.13 Å². The second kappa shape index (κ2) is 13.2. The van der Waals surface area contributed by atoms with E-state index in [1.54, 1.807) is 0 Å². The number of para-hydroxylation sites is 3. The summed E-state index contributed by atoms with van der Waals surface area (Å²) >= 11 is 0. The summed E-state index contributed by atoms with van der Waals surface area (Å²) in [7, 11) is 0. The van der Waals surface area contributed by atoms with Crippen molar-refractivity contribution in [1.29, 1.82) is 0 Å². The first-order chi connectivity index (χ1) is 27.1. The van der Waals surface area contributed by atoms with Crippen molar-refractivity contribution in [3.05, 3.63) is 217 Å². The lowest BCUT2D eigenvalue weighted by Crippen LogP contribution is -2.09. The number of hydrogen-bond donors (Lipinski definition) is 1. The maximum absolute atomic E-state index is 6.63. The van der Waals surface area contributed by atoms with Gasteiger partial charge < -0.3 is 14.9 Å². The van der Waals surface area contributed by atoms with Gasteiger partial charge in [0.25, 0.3) is 0 Å². The Balaban J connectivity index is 1.02. The van der Waals surface area contributed by atoms with Crippen LogP contribution in [0, 0.1) is 0 Å². The summed E-state index contributed by atoms with van der Waals surface area (Å²) in [5, 5.41) is 4.92. The molecule has 0 fully saturated rings. The van der Waals surface area contributed by atoms with Crippen LogP contribution in [0.5, 0.6) is 0 Å². The van der Waals surface area contributed by atoms with Crippen LogP contribution in [0.1, 0.15) is 11.1 Å². The number of aliphatic imine (C=N–C) groups is 1. The number of rotatable bonds is 6. The maximum atomic E-state index is 6.63. The molecule has 9 aromatic rings. The molecule has 4 heteroatoms. The minimum absolute atomic E-state index is 0.676. The molecule has 0 spiro atoms. The monoisotopic (exact) mass is 704 g/mol. The van der Waals surface area contributed by atoms with E-state index in [1.807, 2.05) is 54.6 Å². The van der Waals surface area contributed by atoms with Gasteiger partial charge in [0.05, 0.1) is 33.5 Å². The fourth-order valence-corrected chi connectivity index (χ4v) is 8.02. The molecule has 2 aromatic heterocycles. The first-order valence-corrected chi connectivity index (χ1v) is 18.5. The zero-order valence-corrected chi connectivity index (χ0v) is 30.1. The molecule has 4 nitrogen and oxygen atoms in total. The fraction of sp³-hybridized carbons (Fsp3) is 0. The third-order valence-electron chi connectivity index (χ3n) is 10.7. The lowest BCUT2D eigenvalue weighted by atomic mass is 9.99. The molecule has 0 atom stereocenters. The standard InChI is InChI=1S/C51H36N4/c1-34(53-46-21-11-8-20-43(46)51(52)36-14-4-2-5-15-36)35-24-28-40(29-25-35)55-48-23-13-10-19-42(48)45-33-38(27-31-50(45)55)37-26-30-49-44(32-37)41-18-9-12-22-47(41)54(49)39-16-6-3-7-17-39/h2-33H,1,52H2/b51-43-,53-46-. The molecule has 0 saturated heterocycles. The molecular formula is C51H36N4. The number of nitrogens with zero attached hydrogens (tertiary/aromatic N) is 3. The molecule has 260 valence electrons. The van der Waals surface area contributed by atoms with Crippen molar-refractivity contribution in [3.8, 4) is 22.5 Å². The number of hydrogen-bond acceptors (Lipinski definition) is 2. The minimum atomic E-state index is 0.676. The summed E-state index contributed by atoms with van der Waals surface area (Å²) in [6, 6.07) is 60.2. The molecule has 7 aromatic carbocycles. The molecule has 0 bridgehead atoms. The van der Waals surface area contributed by atoms with Crippen molar-refractivity contribution in [2.45, 2.75) is 0 Å². The Bertz CT molecular complexity index is 3080. The lowest BCUT2D eigenvalue weighted by molar-refractivity contribution is 1.18. The van der Waals surface area contributed by atoms with Crippen LogP contribution >= 0.6 is 0 Å². The van der Waals surface area contributed by atoms with Gasteiger partial charge in [0.1, 0.15) is 0 Å². The predicted molar refractivity (Wildman–Crippen MR) is 233 cm³/mol. The van der Waals surface area contributed by atoms with Crippen LogP contribution in [-0.4, -0.2) is 14.8 Å². The number of fused-ring (bicyclic) bond motifs is 6. The van der Waals surface area contributed by atoms with Gasteiger partial charge >= 0.3 is 0 Å². The van der Waals surface area contributed by atoms with Crippen LogP contribution < -0.4 is 5.73 Å². The van der Waals surface area contributed by atoms with Gasteiger partial charge in [-0.3, -0.25) is 0 Å². The first-order valence-electron chi connectivity index (χ1n) is 18.5. The topological polar surface area (TPSA) is 48.2 Å². The van der Waals surface area contributed by atoms with E-state index in [2.05, 4.69) is 155 Å². The van der Waals surface area contributed by atoms with E-state index in [1.165, 1.54) is 43.7 Å². The third-order valence-corrected chi connectivity index (χ3v) is 10.7. The average molecular weight is 705 g/mol. The van der Waals surface area contributed by atoms with Gasteiger partial charge in [-0.25, -0.2) is 4.99 Å². The highest BCUT2D eigenvalue weighted by atomic mass is 15.0. The van der Waals surface area contributed by atoms with Crippen molar-refractivity contribution < 1.29 is 0 Å². The van der Waals surface area contributed by atoms with Gasteiger partial charge in [0.2, 0.25) is 0 Å². The molecule has 2 N–H and O–H groups in total. The second-order valence-electron chi connectivity index (χ2n) is 13.9. The van der Waals surface area contributed by atoms with Gasteiger partial charge in [-0.1, -0.05) is 134 Å². The summed E-state index contributed by atoms with van der Waals surface area (Å²) in [6.07, 6.45) is 7.96. The van der Waals surface area contributed by atoms with Crippen LogP contribution in [0.25, 0.3) is 77.5 Å². The van der Waals surface area contributed by atoms with E-state index in [0.717, 1.165) is 44.8 Å². The molecule has 1 aliphatic carbocycles. The van der Waals surface area contributed by atoms with Crippen LogP contribution in [0.3, 0.4) is 0 Å². The lowest BCUT2D eigenvalue weighted by Gasteiger charge is -2.13. The molecule has 10 rings (SSSR count). The Labute approximate surface area is 319 Å². The van der Waals surface area contributed by atoms with E-state index in [0.29, 0.717) is 11.4 Å². The Morgan fingerprint density at radius 2 is 0.945 bits per heavy atom. The highest BCUT2D eigenvalue weighted by molar-refractivity contribution is 6.17. The summed E-state index contributed by atoms with van der Waals surface area (Å²) in [5.41, 5.74) is 20.9. The third kappa shape index (κ3) is 5.51. The van der Waals surface area contributed by atoms with E-state index >= 15 is 0 Å². The van der Waals surface area contributed by atoms with E-state index in [-0.39, 0.29) is 0 Å². The van der Waals surface area contributed by atoms with Gasteiger partial charge in [-0.15, -0.1) is 0 Å². The van der Waals surface area contributed by atoms with E-state index in [4.69, 9.17) is 10.7 Å². The maximum Gasteiger partial charge on any atom is 0.0730 e. The molecule has 0 saturated carbocycles. The smallest absolute Gasteiger partial charge is 0.0730 e. The predicted octanol–water partition coefficient (Wildman–Crippen LogP) is 12.5.